The van der Waals surface area contributed by atoms with E-state index in [0.717, 1.165) is 19.3 Å². The minimum atomic E-state index is -0.224. The van der Waals surface area contributed by atoms with Crippen LogP contribution < -0.4 is 15.4 Å². The number of hydrogen-bond donors (Lipinski definition) is 2. The van der Waals surface area contributed by atoms with Crippen molar-refractivity contribution in [3.63, 3.8) is 0 Å². The summed E-state index contributed by atoms with van der Waals surface area (Å²) in [5.74, 6) is -0.182. The first-order chi connectivity index (χ1) is 11.5. The molecule has 0 unspecified atom stereocenters. The Bertz CT molecular complexity index is 584. The van der Waals surface area contributed by atoms with Crippen molar-refractivity contribution in [2.45, 2.75) is 46.5 Å². The van der Waals surface area contributed by atoms with Crippen LogP contribution in [0, 0.1) is 0 Å². The molecule has 0 saturated carbocycles. The van der Waals surface area contributed by atoms with Crippen molar-refractivity contribution in [2.24, 2.45) is 0 Å². The molecule has 1 aromatic carbocycles. The van der Waals surface area contributed by atoms with Crippen molar-refractivity contribution >= 4 is 23.3 Å². The van der Waals surface area contributed by atoms with E-state index >= 15 is 0 Å². The molecule has 132 valence electrons. The van der Waals surface area contributed by atoms with Crippen LogP contribution in [0.15, 0.2) is 18.2 Å². The molecule has 1 aromatic rings. The van der Waals surface area contributed by atoms with E-state index in [1.165, 1.54) is 6.92 Å². The van der Waals surface area contributed by atoms with Crippen LogP contribution in [0.1, 0.15) is 56.8 Å². The van der Waals surface area contributed by atoms with Crippen molar-refractivity contribution in [2.75, 3.05) is 18.5 Å². The van der Waals surface area contributed by atoms with Crippen LogP contribution in [0.25, 0.3) is 0 Å². The van der Waals surface area contributed by atoms with E-state index in [-0.39, 0.29) is 24.2 Å². The molecule has 6 nitrogen and oxygen atoms in total. The molecular formula is C18H26N2O4. The topological polar surface area (TPSA) is 84.5 Å². The van der Waals surface area contributed by atoms with Crippen LogP contribution in [0.3, 0.4) is 0 Å². The van der Waals surface area contributed by atoms with Crippen molar-refractivity contribution in [3.05, 3.63) is 23.8 Å². The van der Waals surface area contributed by atoms with E-state index in [1.807, 2.05) is 13.8 Å². The Morgan fingerprint density at radius 2 is 1.83 bits per heavy atom. The molecule has 2 amide bonds. The SMILES string of the molecule is CCCCNC(=O)COc1ccc(NC(=O)CCC)cc1C(C)=O. The first-order valence-corrected chi connectivity index (χ1v) is 8.32. The average Bonchev–Trinajstić information content (AvgIpc) is 2.54. The molecule has 0 atom stereocenters. The monoisotopic (exact) mass is 334 g/mol. The first-order valence-electron chi connectivity index (χ1n) is 8.32. The van der Waals surface area contributed by atoms with Gasteiger partial charge in [0.1, 0.15) is 5.75 Å². The lowest BCUT2D eigenvalue weighted by molar-refractivity contribution is -0.123. The van der Waals surface area contributed by atoms with E-state index in [1.54, 1.807) is 18.2 Å². The highest BCUT2D eigenvalue weighted by molar-refractivity contribution is 5.99. The maximum atomic E-state index is 11.8. The molecule has 0 aliphatic heterocycles. The normalized spacial score (nSPS) is 10.1. The fourth-order valence-electron chi connectivity index (χ4n) is 2.06. The second kappa shape index (κ2) is 10.4. The summed E-state index contributed by atoms with van der Waals surface area (Å²) in [4.78, 5) is 35.1. The van der Waals surface area contributed by atoms with E-state index in [4.69, 9.17) is 4.74 Å². The molecule has 6 heteroatoms. The van der Waals surface area contributed by atoms with Gasteiger partial charge in [0.05, 0.1) is 5.56 Å². The van der Waals surface area contributed by atoms with Crippen LogP contribution in [-0.4, -0.2) is 30.7 Å². The molecule has 1 rings (SSSR count). The summed E-state index contributed by atoms with van der Waals surface area (Å²) in [5.41, 5.74) is 0.879. The van der Waals surface area contributed by atoms with Crippen molar-refractivity contribution in [1.29, 1.82) is 0 Å². The number of Topliss-reactive ketones (excluding diaryl/α,β-unsaturated/α-hetero) is 1. The second-order valence-corrected chi connectivity index (χ2v) is 5.56. The van der Waals surface area contributed by atoms with Crippen LogP contribution in [-0.2, 0) is 9.59 Å². The van der Waals surface area contributed by atoms with Crippen LogP contribution in [0.2, 0.25) is 0 Å². The number of anilines is 1. The third kappa shape index (κ3) is 6.81. The van der Waals surface area contributed by atoms with Crippen LogP contribution >= 0.6 is 0 Å². The number of hydrogen-bond acceptors (Lipinski definition) is 4. The number of rotatable bonds is 10. The lowest BCUT2D eigenvalue weighted by Crippen LogP contribution is -2.29. The number of carbonyl (C=O) groups is 3. The van der Waals surface area contributed by atoms with Gasteiger partial charge >= 0.3 is 0 Å². The molecule has 0 aliphatic carbocycles. The molecule has 0 heterocycles. The van der Waals surface area contributed by atoms with Crippen LogP contribution in [0.5, 0.6) is 5.75 Å². The predicted molar refractivity (Wildman–Crippen MR) is 93.4 cm³/mol. The van der Waals surface area contributed by atoms with Gasteiger partial charge in [-0.1, -0.05) is 20.3 Å². The van der Waals surface area contributed by atoms with E-state index in [9.17, 15) is 14.4 Å². The first kappa shape index (κ1) is 19.7. The average molecular weight is 334 g/mol. The lowest BCUT2D eigenvalue weighted by atomic mass is 10.1. The molecule has 0 aromatic heterocycles. The second-order valence-electron chi connectivity index (χ2n) is 5.56. The fraction of sp³-hybridized carbons (Fsp3) is 0.500. The third-order valence-electron chi connectivity index (χ3n) is 3.33. The molecule has 0 fully saturated rings. The van der Waals surface area contributed by atoms with Gasteiger partial charge in [-0.2, -0.15) is 0 Å². The number of ketones is 1. The molecular weight excluding hydrogens is 308 g/mol. The number of amides is 2. The Morgan fingerprint density at radius 3 is 2.46 bits per heavy atom. The van der Waals surface area contributed by atoms with Gasteiger partial charge in [0, 0.05) is 18.7 Å². The molecule has 0 aliphatic rings. The molecule has 0 radical (unpaired) electrons. The van der Waals surface area contributed by atoms with Gasteiger partial charge in [-0.25, -0.2) is 0 Å². The van der Waals surface area contributed by atoms with Gasteiger partial charge < -0.3 is 15.4 Å². The summed E-state index contributed by atoms with van der Waals surface area (Å²) in [7, 11) is 0. The van der Waals surface area contributed by atoms with Gasteiger partial charge in [-0.3, -0.25) is 14.4 Å². The minimum absolute atomic E-state index is 0.101. The Kier molecular flexibility index (Phi) is 8.54. The number of unbranched alkanes of at least 4 members (excludes halogenated alkanes) is 1. The number of ether oxygens (including phenoxy) is 1. The van der Waals surface area contributed by atoms with Crippen molar-refractivity contribution < 1.29 is 19.1 Å². The van der Waals surface area contributed by atoms with Crippen molar-refractivity contribution in [1.82, 2.24) is 5.32 Å². The summed E-state index contributed by atoms with van der Waals surface area (Å²) in [6.45, 7) is 5.85. The summed E-state index contributed by atoms with van der Waals surface area (Å²) in [6, 6.07) is 4.82. The standard InChI is InChI=1S/C18H26N2O4/c1-4-6-10-19-18(23)12-24-16-9-8-14(11-15(16)13(3)21)20-17(22)7-5-2/h8-9,11H,4-7,10,12H2,1-3H3,(H,19,23)(H,20,22). The maximum Gasteiger partial charge on any atom is 0.257 e. The van der Waals surface area contributed by atoms with Gasteiger partial charge in [0.15, 0.2) is 12.4 Å². The van der Waals surface area contributed by atoms with Crippen LogP contribution in [0.4, 0.5) is 5.69 Å². The Morgan fingerprint density at radius 1 is 1.08 bits per heavy atom. The number of benzene rings is 1. The summed E-state index contributed by atoms with van der Waals surface area (Å²) >= 11 is 0. The Hall–Kier alpha value is -2.37. The Balaban J connectivity index is 2.71. The fourth-order valence-corrected chi connectivity index (χ4v) is 2.06. The molecule has 24 heavy (non-hydrogen) atoms. The molecule has 0 spiro atoms. The largest absolute Gasteiger partial charge is 0.483 e. The van der Waals surface area contributed by atoms with Gasteiger partial charge in [-0.15, -0.1) is 0 Å². The molecule has 2 N–H and O–H groups in total. The maximum absolute atomic E-state index is 11.8. The van der Waals surface area contributed by atoms with Gasteiger partial charge in [0.2, 0.25) is 5.91 Å². The summed E-state index contributed by atoms with van der Waals surface area (Å²) in [5, 5.41) is 5.49. The highest BCUT2D eigenvalue weighted by Gasteiger charge is 2.12. The number of carbonyl (C=O) groups excluding carboxylic acids is 3. The highest BCUT2D eigenvalue weighted by atomic mass is 16.5. The van der Waals surface area contributed by atoms with E-state index in [2.05, 4.69) is 10.6 Å². The highest BCUT2D eigenvalue weighted by Crippen LogP contribution is 2.23. The quantitative estimate of drug-likeness (QED) is 0.509. The Labute approximate surface area is 143 Å². The molecule has 0 bridgehead atoms. The third-order valence-corrected chi connectivity index (χ3v) is 3.33. The summed E-state index contributed by atoms with van der Waals surface area (Å²) in [6.07, 6.45) is 3.09. The minimum Gasteiger partial charge on any atom is -0.483 e. The smallest absolute Gasteiger partial charge is 0.257 e. The predicted octanol–water partition coefficient (Wildman–Crippen LogP) is 2.92. The zero-order chi connectivity index (χ0) is 17.9. The summed E-state index contributed by atoms with van der Waals surface area (Å²) < 4.78 is 5.45. The van der Waals surface area contributed by atoms with E-state index < -0.39 is 0 Å². The van der Waals surface area contributed by atoms with Gasteiger partial charge in [0.25, 0.3) is 5.91 Å². The lowest BCUT2D eigenvalue weighted by Gasteiger charge is -2.12. The van der Waals surface area contributed by atoms with Crippen molar-refractivity contribution in [3.8, 4) is 5.75 Å². The zero-order valence-corrected chi connectivity index (χ0v) is 14.6. The zero-order valence-electron chi connectivity index (χ0n) is 14.6. The number of nitrogens with one attached hydrogen (secondary N) is 2. The molecule has 0 saturated heterocycles. The van der Waals surface area contributed by atoms with E-state index in [0.29, 0.717) is 30.0 Å². The van der Waals surface area contributed by atoms with Gasteiger partial charge in [-0.05, 0) is 38.0 Å².